The number of urea groups is 1. The Morgan fingerprint density at radius 2 is 2.11 bits per heavy atom. The van der Waals surface area contributed by atoms with Gasteiger partial charge in [0.05, 0.1) is 4.99 Å². The van der Waals surface area contributed by atoms with E-state index in [1.54, 1.807) is 4.90 Å². The van der Waals surface area contributed by atoms with Crippen molar-refractivity contribution in [3.8, 4) is 0 Å². The van der Waals surface area contributed by atoms with Gasteiger partial charge < -0.3 is 16.0 Å². The largest absolute Gasteiger partial charge is 0.393 e. The van der Waals surface area contributed by atoms with Crippen LogP contribution in [0.3, 0.4) is 0 Å². The van der Waals surface area contributed by atoms with E-state index in [-0.39, 0.29) is 11.9 Å². The third kappa shape index (κ3) is 3.20. The van der Waals surface area contributed by atoms with Crippen molar-refractivity contribution in [1.29, 1.82) is 0 Å². The van der Waals surface area contributed by atoms with Gasteiger partial charge in [-0.1, -0.05) is 30.4 Å². The van der Waals surface area contributed by atoms with Crippen molar-refractivity contribution in [2.45, 2.75) is 12.8 Å². The predicted octanol–water partition coefficient (Wildman–Crippen LogP) is 2.22. The number of rotatable bonds is 2. The van der Waals surface area contributed by atoms with Crippen LogP contribution in [0.4, 0.5) is 10.5 Å². The Morgan fingerprint density at radius 3 is 2.78 bits per heavy atom. The molecule has 3 N–H and O–H groups in total. The lowest BCUT2D eigenvalue weighted by Crippen LogP contribution is -2.45. The smallest absolute Gasteiger partial charge is 0.321 e. The van der Waals surface area contributed by atoms with Crippen molar-refractivity contribution in [3.05, 3.63) is 30.3 Å². The lowest BCUT2D eigenvalue weighted by molar-refractivity contribution is 0.191. The van der Waals surface area contributed by atoms with Crippen molar-refractivity contribution in [2.75, 3.05) is 18.4 Å². The number of hydrogen-bond acceptors (Lipinski definition) is 2. The maximum Gasteiger partial charge on any atom is 0.321 e. The zero-order chi connectivity index (χ0) is 13.0. The number of para-hydroxylation sites is 1. The molecule has 1 aromatic rings. The number of nitrogens with zero attached hydrogens (tertiary/aromatic N) is 1. The molecular formula is C13H17N3OS. The molecule has 1 aliphatic heterocycles. The molecular weight excluding hydrogens is 246 g/mol. The summed E-state index contributed by atoms with van der Waals surface area (Å²) in [6.45, 7) is 1.38. The van der Waals surface area contributed by atoms with Crippen molar-refractivity contribution >= 4 is 28.9 Å². The van der Waals surface area contributed by atoms with Crippen LogP contribution >= 0.6 is 12.2 Å². The average Bonchev–Trinajstić information content (AvgIpc) is 2.40. The molecule has 4 nitrogen and oxygen atoms in total. The Labute approximate surface area is 112 Å². The molecule has 1 fully saturated rings. The van der Waals surface area contributed by atoms with E-state index >= 15 is 0 Å². The van der Waals surface area contributed by atoms with Gasteiger partial charge in [-0.15, -0.1) is 0 Å². The van der Waals surface area contributed by atoms with Gasteiger partial charge in [0.15, 0.2) is 0 Å². The number of likely N-dealkylation sites (tertiary alicyclic amines) is 1. The maximum atomic E-state index is 12.1. The maximum absolute atomic E-state index is 12.1. The van der Waals surface area contributed by atoms with Crippen molar-refractivity contribution < 1.29 is 4.79 Å². The second-order valence-corrected chi connectivity index (χ2v) is 4.96. The Morgan fingerprint density at radius 1 is 1.39 bits per heavy atom. The molecule has 1 aromatic carbocycles. The first-order valence-corrected chi connectivity index (χ1v) is 6.48. The number of amides is 2. The molecule has 0 spiro atoms. The molecule has 1 saturated heterocycles. The van der Waals surface area contributed by atoms with Crippen LogP contribution in [-0.4, -0.2) is 29.0 Å². The first kappa shape index (κ1) is 12.8. The van der Waals surface area contributed by atoms with Gasteiger partial charge in [-0.05, 0) is 25.0 Å². The molecule has 1 unspecified atom stereocenters. The summed E-state index contributed by atoms with van der Waals surface area (Å²) in [5.74, 6) is 0.148. The van der Waals surface area contributed by atoms with Gasteiger partial charge in [-0.25, -0.2) is 4.79 Å². The van der Waals surface area contributed by atoms with Gasteiger partial charge in [0.2, 0.25) is 0 Å². The molecule has 5 heteroatoms. The summed E-state index contributed by atoms with van der Waals surface area (Å²) in [5, 5.41) is 2.87. The van der Waals surface area contributed by atoms with Crippen LogP contribution in [0.5, 0.6) is 0 Å². The highest BCUT2D eigenvalue weighted by atomic mass is 32.1. The summed E-state index contributed by atoms with van der Waals surface area (Å²) in [5.41, 5.74) is 6.46. The second-order valence-electron chi connectivity index (χ2n) is 4.48. The number of thiocarbonyl (C=S) groups is 1. The number of piperidine rings is 1. The van der Waals surface area contributed by atoms with Gasteiger partial charge in [0.25, 0.3) is 0 Å². The minimum atomic E-state index is -0.0813. The van der Waals surface area contributed by atoms with Gasteiger partial charge in [0.1, 0.15) is 0 Å². The summed E-state index contributed by atoms with van der Waals surface area (Å²) in [6, 6.07) is 9.36. The summed E-state index contributed by atoms with van der Waals surface area (Å²) in [7, 11) is 0. The fourth-order valence-electron chi connectivity index (χ4n) is 2.12. The standard InChI is InChI=1S/C13H17N3OS/c14-12(18)10-5-4-8-16(9-10)13(17)15-11-6-2-1-3-7-11/h1-3,6-7,10H,4-5,8-9H2,(H2,14,18)(H,15,17). The Kier molecular flexibility index (Phi) is 4.15. The SMILES string of the molecule is NC(=S)C1CCCN(C(=O)Nc2ccccc2)C1. The second kappa shape index (κ2) is 5.82. The molecule has 18 heavy (non-hydrogen) atoms. The van der Waals surface area contributed by atoms with Gasteiger partial charge in [-0.3, -0.25) is 0 Å². The van der Waals surface area contributed by atoms with E-state index in [9.17, 15) is 4.79 Å². The summed E-state index contributed by atoms with van der Waals surface area (Å²) in [4.78, 5) is 14.4. The number of benzene rings is 1. The molecule has 1 heterocycles. The fraction of sp³-hybridized carbons (Fsp3) is 0.385. The van der Waals surface area contributed by atoms with Crippen LogP contribution in [0.15, 0.2) is 30.3 Å². The minimum absolute atomic E-state index is 0.0813. The van der Waals surface area contributed by atoms with E-state index in [0.29, 0.717) is 11.5 Å². The Balaban J connectivity index is 1.95. The zero-order valence-electron chi connectivity index (χ0n) is 10.1. The molecule has 1 aliphatic rings. The van der Waals surface area contributed by atoms with Crippen LogP contribution < -0.4 is 11.1 Å². The van der Waals surface area contributed by atoms with Crippen LogP contribution in [0.2, 0.25) is 0 Å². The first-order valence-electron chi connectivity index (χ1n) is 6.07. The predicted molar refractivity (Wildman–Crippen MR) is 76.5 cm³/mol. The third-order valence-corrected chi connectivity index (χ3v) is 3.47. The quantitative estimate of drug-likeness (QED) is 0.804. The highest BCUT2D eigenvalue weighted by Crippen LogP contribution is 2.18. The van der Waals surface area contributed by atoms with Gasteiger partial charge >= 0.3 is 6.03 Å². The molecule has 0 bridgehead atoms. The first-order chi connectivity index (χ1) is 8.66. The van der Waals surface area contributed by atoms with E-state index in [2.05, 4.69) is 5.32 Å². The van der Waals surface area contributed by atoms with Gasteiger partial charge in [0, 0.05) is 24.7 Å². The monoisotopic (exact) mass is 263 g/mol. The van der Waals surface area contributed by atoms with Crippen LogP contribution in [0.25, 0.3) is 0 Å². The molecule has 96 valence electrons. The van der Waals surface area contributed by atoms with E-state index in [4.69, 9.17) is 18.0 Å². The number of nitrogens with one attached hydrogen (secondary N) is 1. The normalized spacial score (nSPS) is 19.3. The topological polar surface area (TPSA) is 58.4 Å². The number of hydrogen-bond donors (Lipinski definition) is 2. The summed E-state index contributed by atoms with van der Waals surface area (Å²) in [6.07, 6.45) is 1.93. The van der Waals surface area contributed by atoms with Crippen molar-refractivity contribution in [3.63, 3.8) is 0 Å². The number of anilines is 1. The van der Waals surface area contributed by atoms with Crippen LogP contribution in [0, 0.1) is 5.92 Å². The molecule has 2 amide bonds. The van der Waals surface area contributed by atoms with Gasteiger partial charge in [-0.2, -0.15) is 0 Å². The molecule has 0 aliphatic carbocycles. The molecule has 2 rings (SSSR count). The van der Waals surface area contributed by atoms with Crippen molar-refractivity contribution in [2.24, 2.45) is 11.7 Å². The summed E-state index contributed by atoms with van der Waals surface area (Å²) >= 11 is 5.00. The number of carbonyl (C=O) groups excluding carboxylic acids is 1. The average molecular weight is 263 g/mol. The molecule has 1 atom stereocenters. The van der Waals surface area contributed by atoms with Crippen LogP contribution in [0.1, 0.15) is 12.8 Å². The van der Waals surface area contributed by atoms with Crippen molar-refractivity contribution in [1.82, 2.24) is 4.90 Å². The van der Waals surface area contributed by atoms with E-state index in [1.165, 1.54) is 0 Å². The molecule has 0 radical (unpaired) electrons. The Bertz CT molecular complexity index is 435. The third-order valence-electron chi connectivity index (χ3n) is 3.14. The number of carbonyl (C=O) groups is 1. The fourth-order valence-corrected chi connectivity index (χ4v) is 2.31. The highest BCUT2D eigenvalue weighted by Gasteiger charge is 2.25. The zero-order valence-corrected chi connectivity index (χ0v) is 11.0. The lowest BCUT2D eigenvalue weighted by atomic mass is 9.98. The lowest BCUT2D eigenvalue weighted by Gasteiger charge is -2.32. The van der Waals surface area contributed by atoms with E-state index in [0.717, 1.165) is 25.1 Å². The van der Waals surface area contributed by atoms with Crippen LogP contribution in [-0.2, 0) is 0 Å². The molecule has 0 aromatic heterocycles. The highest BCUT2D eigenvalue weighted by molar-refractivity contribution is 7.80. The minimum Gasteiger partial charge on any atom is -0.393 e. The molecule has 0 saturated carbocycles. The van der Waals surface area contributed by atoms with E-state index < -0.39 is 0 Å². The summed E-state index contributed by atoms with van der Waals surface area (Å²) < 4.78 is 0. The van der Waals surface area contributed by atoms with E-state index in [1.807, 2.05) is 30.3 Å². The Hall–Kier alpha value is -1.62. The number of nitrogens with two attached hydrogens (primary N) is 1.